The van der Waals surface area contributed by atoms with Gasteiger partial charge in [-0.25, -0.2) is 4.79 Å². The fraction of sp³-hybridized carbons (Fsp3) is 0.346. The lowest BCUT2D eigenvalue weighted by Gasteiger charge is -2.14. The number of alkyl halides is 2. The average molecular weight is 531 g/mol. The van der Waals surface area contributed by atoms with Crippen molar-refractivity contribution in [3.05, 3.63) is 81.0 Å². The molecule has 2 aromatic heterocycles. The van der Waals surface area contributed by atoms with E-state index in [1.807, 2.05) is 30.3 Å². The van der Waals surface area contributed by atoms with Crippen molar-refractivity contribution in [2.45, 2.75) is 32.5 Å². The van der Waals surface area contributed by atoms with E-state index in [0.29, 0.717) is 12.7 Å². The molecule has 0 saturated heterocycles. The molecule has 0 aliphatic heterocycles. The number of hydrogen-bond acceptors (Lipinski definition) is 7. The Morgan fingerprint density at radius 2 is 1.68 bits per heavy atom. The number of ether oxygens (including phenoxy) is 3. The molecule has 0 saturated carbocycles. The summed E-state index contributed by atoms with van der Waals surface area (Å²) in [5.41, 5.74) is 0.158. The molecular formula is C26H28F2N4O6. The third-order valence-electron chi connectivity index (χ3n) is 5.61. The predicted molar refractivity (Wildman–Crippen MR) is 135 cm³/mol. The highest BCUT2D eigenvalue weighted by Gasteiger charge is 2.23. The van der Waals surface area contributed by atoms with Crippen LogP contribution in [0.3, 0.4) is 0 Å². The Balaban J connectivity index is 1.60. The standard InChI is InChI=1S/C26H28F2N4O6/c1-26(27,28)38-20-11-6-10-19(16-20)36-14-15-37-24-29-22-21(32(24)17-18-8-4-3-5-9-18)23(34)31(12-7-13-33)25(35)30(22)2/h3-6,8-11,16,33H,7,12-15,17H2,1-2H3. The molecule has 4 rings (SSSR count). The summed E-state index contributed by atoms with van der Waals surface area (Å²) < 4.78 is 46.3. The molecule has 202 valence electrons. The molecule has 0 spiro atoms. The van der Waals surface area contributed by atoms with Crippen molar-refractivity contribution in [2.75, 3.05) is 19.8 Å². The molecular weight excluding hydrogens is 502 g/mol. The minimum atomic E-state index is -3.32. The summed E-state index contributed by atoms with van der Waals surface area (Å²) in [5.74, 6) is 0.265. The van der Waals surface area contributed by atoms with Crippen molar-refractivity contribution >= 4 is 11.2 Å². The van der Waals surface area contributed by atoms with Gasteiger partial charge < -0.3 is 19.3 Å². The molecule has 2 aromatic carbocycles. The fourth-order valence-electron chi connectivity index (χ4n) is 3.93. The number of fused-ring (bicyclic) bond motifs is 1. The van der Waals surface area contributed by atoms with Crippen LogP contribution in [0.4, 0.5) is 8.78 Å². The maximum absolute atomic E-state index is 13.3. The van der Waals surface area contributed by atoms with Gasteiger partial charge in [-0.3, -0.25) is 18.5 Å². The average Bonchev–Trinajstić information content (AvgIpc) is 3.23. The predicted octanol–water partition coefficient (Wildman–Crippen LogP) is 2.78. The lowest BCUT2D eigenvalue weighted by molar-refractivity contribution is -0.159. The number of rotatable bonds is 12. The van der Waals surface area contributed by atoms with Gasteiger partial charge in [0.2, 0.25) is 0 Å². The molecule has 0 fully saturated rings. The topological polar surface area (TPSA) is 110 Å². The van der Waals surface area contributed by atoms with E-state index in [4.69, 9.17) is 9.47 Å². The zero-order valence-corrected chi connectivity index (χ0v) is 21.0. The first-order valence-corrected chi connectivity index (χ1v) is 12.0. The number of hydrogen-bond donors (Lipinski definition) is 1. The number of imidazole rings is 1. The van der Waals surface area contributed by atoms with E-state index in [2.05, 4.69) is 9.72 Å². The molecule has 0 bridgehead atoms. The van der Waals surface area contributed by atoms with E-state index in [9.17, 15) is 23.5 Å². The van der Waals surface area contributed by atoms with Gasteiger partial charge in [0.05, 0.1) is 6.54 Å². The maximum atomic E-state index is 13.3. The van der Waals surface area contributed by atoms with Gasteiger partial charge in [0.15, 0.2) is 11.2 Å². The van der Waals surface area contributed by atoms with Crippen LogP contribution in [0.2, 0.25) is 0 Å². The molecule has 0 aliphatic carbocycles. The van der Waals surface area contributed by atoms with Crippen LogP contribution in [-0.4, -0.2) is 49.7 Å². The number of aromatic nitrogens is 4. The fourth-order valence-corrected chi connectivity index (χ4v) is 3.93. The van der Waals surface area contributed by atoms with Crippen molar-refractivity contribution in [3.63, 3.8) is 0 Å². The molecule has 1 N–H and O–H groups in total. The van der Waals surface area contributed by atoms with Crippen molar-refractivity contribution in [2.24, 2.45) is 7.05 Å². The van der Waals surface area contributed by atoms with E-state index in [1.165, 1.54) is 29.8 Å². The van der Waals surface area contributed by atoms with Crippen LogP contribution in [0.15, 0.2) is 64.2 Å². The molecule has 4 aromatic rings. The van der Waals surface area contributed by atoms with Crippen LogP contribution in [0, 0.1) is 0 Å². The van der Waals surface area contributed by atoms with Crippen LogP contribution in [0.1, 0.15) is 18.9 Å². The van der Waals surface area contributed by atoms with Gasteiger partial charge in [-0.05, 0) is 24.1 Å². The molecule has 0 atom stereocenters. The molecule has 0 aliphatic rings. The zero-order chi connectivity index (χ0) is 27.3. The SMILES string of the molecule is Cn1c(=O)n(CCCO)c(=O)c2c1nc(OCCOc1cccc(OC(C)(F)F)c1)n2Cc1ccccc1. The minimum Gasteiger partial charge on any atom is -0.490 e. The first kappa shape index (κ1) is 26.9. The largest absolute Gasteiger partial charge is 0.490 e. The normalized spacial score (nSPS) is 11.6. The Bertz CT molecular complexity index is 1510. The second kappa shape index (κ2) is 11.5. The zero-order valence-electron chi connectivity index (χ0n) is 21.0. The summed E-state index contributed by atoms with van der Waals surface area (Å²) in [6.07, 6.45) is -3.08. The highest BCUT2D eigenvalue weighted by molar-refractivity contribution is 5.72. The number of halogens is 2. The Kier molecular flexibility index (Phi) is 8.10. The van der Waals surface area contributed by atoms with Crippen molar-refractivity contribution < 1.29 is 28.1 Å². The lowest BCUT2D eigenvalue weighted by Crippen LogP contribution is -2.39. The van der Waals surface area contributed by atoms with E-state index in [-0.39, 0.29) is 62.3 Å². The Morgan fingerprint density at radius 1 is 0.974 bits per heavy atom. The first-order valence-electron chi connectivity index (χ1n) is 12.0. The minimum absolute atomic E-state index is 0.0137. The Morgan fingerprint density at radius 3 is 2.39 bits per heavy atom. The number of aliphatic hydroxyl groups excluding tert-OH is 1. The van der Waals surface area contributed by atoms with Gasteiger partial charge in [-0.1, -0.05) is 36.4 Å². The first-order chi connectivity index (χ1) is 18.2. The van der Waals surface area contributed by atoms with Gasteiger partial charge in [0, 0.05) is 33.2 Å². The second-order valence-corrected chi connectivity index (χ2v) is 8.60. The summed E-state index contributed by atoms with van der Waals surface area (Å²) >= 11 is 0. The molecule has 0 radical (unpaired) electrons. The third kappa shape index (κ3) is 6.20. The second-order valence-electron chi connectivity index (χ2n) is 8.60. The molecule has 12 heteroatoms. The van der Waals surface area contributed by atoms with Crippen LogP contribution >= 0.6 is 0 Å². The van der Waals surface area contributed by atoms with Gasteiger partial charge in [-0.2, -0.15) is 13.8 Å². The molecule has 2 heterocycles. The van der Waals surface area contributed by atoms with Crippen molar-refractivity contribution in [3.8, 4) is 17.5 Å². The van der Waals surface area contributed by atoms with Crippen LogP contribution in [0.5, 0.6) is 17.5 Å². The monoisotopic (exact) mass is 530 g/mol. The summed E-state index contributed by atoms with van der Waals surface area (Å²) in [6.45, 7) is 0.852. The van der Waals surface area contributed by atoms with Gasteiger partial charge in [-0.15, -0.1) is 0 Å². The maximum Gasteiger partial charge on any atom is 0.394 e. The van der Waals surface area contributed by atoms with E-state index in [0.717, 1.165) is 10.1 Å². The van der Waals surface area contributed by atoms with Crippen LogP contribution in [0.25, 0.3) is 11.2 Å². The number of benzene rings is 2. The molecule has 0 unspecified atom stereocenters. The Hall–Kier alpha value is -4.19. The molecule has 38 heavy (non-hydrogen) atoms. The summed E-state index contributed by atoms with van der Waals surface area (Å²) in [4.78, 5) is 30.6. The van der Waals surface area contributed by atoms with Gasteiger partial charge >= 0.3 is 11.8 Å². The third-order valence-corrected chi connectivity index (χ3v) is 5.61. The summed E-state index contributed by atoms with van der Waals surface area (Å²) in [7, 11) is 1.52. The summed E-state index contributed by atoms with van der Waals surface area (Å²) in [6, 6.07) is 15.3. The number of nitrogens with zero attached hydrogens (tertiary/aromatic N) is 4. The smallest absolute Gasteiger partial charge is 0.394 e. The van der Waals surface area contributed by atoms with E-state index in [1.54, 1.807) is 10.6 Å². The van der Waals surface area contributed by atoms with Gasteiger partial charge in [0.25, 0.3) is 11.6 Å². The number of aliphatic hydroxyl groups is 1. The molecule has 10 nitrogen and oxygen atoms in total. The van der Waals surface area contributed by atoms with Crippen LogP contribution in [-0.2, 0) is 20.1 Å². The van der Waals surface area contributed by atoms with Crippen molar-refractivity contribution in [1.82, 2.24) is 18.7 Å². The quantitative estimate of drug-likeness (QED) is 0.281. The highest BCUT2D eigenvalue weighted by Crippen LogP contribution is 2.25. The van der Waals surface area contributed by atoms with E-state index < -0.39 is 17.4 Å². The summed E-state index contributed by atoms with van der Waals surface area (Å²) in [5, 5.41) is 9.20. The van der Waals surface area contributed by atoms with Gasteiger partial charge in [0.1, 0.15) is 24.7 Å². The molecule has 0 amide bonds. The number of aryl methyl sites for hydroxylation is 1. The van der Waals surface area contributed by atoms with Crippen LogP contribution < -0.4 is 25.5 Å². The van der Waals surface area contributed by atoms with Crippen molar-refractivity contribution in [1.29, 1.82) is 0 Å². The highest BCUT2D eigenvalue weighted by atomic mass is 19.3. The lowest BCUT2D eigenvalue weighted by atomic mass is 10.2. The van der Waals surface area contributed by atoms with E-state index >= 15 is 0 Å². The Labute approximate surface area is 216 Å².